The van der Waals surface area contributed by atoms with Crippen LogP contribution in [0.25, 0.3) is 0 Å². The second-order valence-electron chi connectivity index (χ2n) is 3.66. The van der Waals surface area contributed by atoms with Gasteiger partial charge in [-0.2, -0.15) is 0 Å². The number of carbonyl (C=O) groups is 1. The Morgan fingerprint density at radius 2 is 2.47 bits per heavy atom. The summed E-state index contributed by atoms with van der Waals surface area (Å²) in [5, 5.41) is 3.28. The van der Waals surface area contributed by atoms with Crippen molar-refractivity contribution in [3.63, 3.8) is 0 Å². The molecule has 1 atom stereocenters. The van der Waals surface area contributed by atoms with Crippen LogP contribution in [-0.4, -0.2) is 36.5 Å². The van der Waals surface area contributed by atoms with Gasteiger partial charge in [-0.25, -0.2) is 0 Å². The van der Waals surface area contributed by atoms with Crippen molar-refractivity contribution in [2.75, 3.05) is 19.6 Å². The predicted molar refractivity (Wildman–Crippen MR) is 65.4 cm³/mol. The molecule has 1 aliphatic heterocycles. The van der Waals surface area contributed by atoms with Gasteiger partial charge in [0.2, 0.25) is 0 Å². The number of amides is 1. The van der Waals surface area contributed by atoms with Crippen LogP contribution in [-0.2, 0) is 0 Å². The van der Waals surface area contributed by atoms with Crippen LogP contribution in [0.3, 0.4) is 0 Å². The summed E-state index contributed by atoms with van der Waals surface area (Å²) in [4.78, 5) is 14.9. The van der Waals surface area contributed by atoms with Gasteiger partial charge in [-0.15, -0.1) is 11.3 Å². The Balaban J connectivity index is 2.13. The molecule has 15 heavy (non-hydrogen) atoms. The first-order chi connectivity index (χ1) is 7.18. The lowest BCUT2D eigenvalue weighted by Gasteiger charge is -2.33. The van der Waals surface area contributed by atoms with Crippen molar-refractivity contribution >= 4 is 33.2 Å². The van der Waals surface area contributed by atoms with Gasteiger partial charge in [0.15, 0.2) is 0 Å². The van der Waals surface area contributed by atoms with Gasteiger partial charge in [0.25, 0.3) is 5.91 Å². The van der Waals surface area contributed by atoms with Crippen LogP contribution in [0.15, 0.2) is 15.9 Å². The second-order valence-corrected chi connectivity index (χ2v) is 6.12. The SMILES string of the molecule is C[C@H]1CNCCN1C(=O)c1ccc(Br)s1. The highest BCUT2D eigenvalue weighted by atomic mass is 79.9. The number of nitrogens with one attached hydrogen (secondary N) is 1. The molecule has 1 saturated heterocycles. The molecule has 0 aliphatic carbocycles. The Labute approximate surface area is 102 Å². The van der Waals surface area contributed by atoms with E-state index in [1.165, 1.54) is 11.3 Å². The summed E-state index contributed by atoms with van der Waals surface area (Å²) in [5.74, 6) is 0.153. The lowest BCUT2D eigenvalue weighted by atomic mass is 10.2. The number of piperazine rings is 1. The smallest absolute Gasteiger partial charge is 0.264 e. The molecule has 0 spiro atoms. The average molecular weight is 289 g/mol. The van der Waals surface area contributed by atoms with Crippen molar-refractivity contribution in [3.05, 3.63) is 20.8 Å². The minimum absolute atomic E-state index is 0.153. The third-order valence-corrected chi connectivity index (χ3v) is 4.16. The highest BCUT2D eigenvalue weighted by Crippen LogP contribution is 2.24. The van der Waals surface area contributed by atoms with Crippen LogP contribution in [0.1, 0.15) is 16.6 Å². The first-order valence-electron chi connectivity index (χ1n) is 4.95. The van der Waals surface area contributed by atoms with E-state index >= 15 is 0 Å². The second kappa shape index (κ2) is 4.63. The third kappa shape index (κ3) is 2.41. The molecule has 2 heterocycles. The van der Waals surface area contributed by atoms with E-state index in [1.807, 2.05) is 17.0 Å². The molecule has 1 aromatic rings. The number of hydrogen-bond donors (Lipinski definition) is 1. The van der Waals surface area contributed by atoms with Crippen LogP contribution in [0.5, 0.6) is 0 Å². The Kier molecular flexibility index (Phi) is 3.43. The van der Waals surface area contributed by atoms with Crippen LogP contribution in [0, 0.1) is 0 Å². The molecule has 82 valence electrons. The van der Waals surface area contributed by atoms with Crippen LogP contribution >= 0.6 is 27.3 Å². The molecule has 1 aromatic heterocycles. The van der Waals surface area contributed by atoms with E-state index in [0.717, 1.165) is 28.3 Å². The minimum atomic E-state index is 0.153. The Bertz CT molecular complexity index is 366. The van der Waals surface area contributed by atoms with Gasteiger partial charge in [-0.1, -0.05) is 0 Å². The highest BCUT2D eigenvalue weighted by molar-refractivity contribution is 9.11. The van der Waals surface area contributed by atoms with E-state index in [-0.39, 0.29) is 11.9 Å². The van der Waals surface area contributed by atoms with E-state index in [0.29, 0.717) is 0 Å². The number of halogens is 1. The van der Waals surface area contributed by atoms with Crippen LogP contribution in [0.2, 0.25) is 0 Å². The molecule has 5 heteroatoms. The molecular weight excluding hydrogens is 276 g/mol. The zero-order valence-corrected chi connectivity index (χ0v) is 10.9. The minimum Gasteiger partial charge on any atom is -0.333 e. The molecule has 1 aliphatic rings. The topological polar surface area (TPSA) is 32.3 Å². The maximum atomic E-state index is 12.1. The Hall–Kier alpha value is -0.390. The average Bonchev–Trinajstić information content (AvgIpc) is 2.65. The van der Waals surface area contributed by atoms with Gasteiger partial charge < -0.3 is 10.2 Å². The van der Waals surface area contributed by atoms with Crippen molar-refractivity contribution in [1.82, 2.24) is 10.2 Å². The summed E-state index contributed by atoms with van der Waals surface area (Å²) >= 11 is 4.87. The van der Waals surface area contributed by atoms with E-state index in [9.17, 15) is 4.79 Å². The number of carbonyl (C=O) groups excluding carboxylic acids is 1. The Morgan fingerprint density at radius 3 is 3.07 bits per heavy atom. The zero-order chi connectivity index (χ0) is 10.8. The maximum absolute atomic E-state index is 12.1. The van der Waals surface area contributed by atoms with Gasteiger partial charge in [-0.05, 0) is 35.0 Å². The molecule has 1 N–H and O–H groups in total. The van der Waals surface area contributed by atoms with Crippen molar-refractivity contribution in [2.45, 2.75) is 13.0 Å². The fourth-order valence-electron chi connectivity index (χ4n) is 1.71. The lowest BCUT2D eigenvalue weighted by molar-refractivity contribution is 0.0661. The predicted octanol–water partition coefficient (Wildman–Crippen LogP) is 1.94. The van der Waals surface area contributed by atoms with E-state index < -0.39 is 0 Å². The van der Waals surface area contributed by atoms with Crippen molar-refractivity contribution in [3.8, 4) is 0 Å². The number of rotatable bonds is 1. The molecule has 0 radical (unpaired) electrons. The fourth-order valence-corrected chi connectivity index (χ4v) is 3.06. The van der Waals surface area contributed by atoms with Crippen LogP contribution < -0.4 is 5.32 Å². The van der Waals surface area contributed by atoms with Gasteiger partial charge in [0.1, 0.15) is 0 Å². The van der Waals surface area contributed by atoms with Crippen molar-refractivity contribution in [2.24, 2.45) is 0 Å². The number of nitrogens with zero attached hydrogens (tertiary/aromatic N) is 1. The first-order valence-corrected chi connectivity index (χ1v) is 6.56. The van der Waals surface area contributed by atoms with E-state index in [4.69, 9.17) is 0 Å². The standard InChI is InChI=1S/C10H13BrN2OS/c1-7-6-12-4-5-13(7)10(14)8-2-3-9(11)15-8/h2-3,7,12H,4-6H2,1H3/t7-/m0/s1. The first kappa shape index (κ1) is 11.1. The number of thiophene rings is 1. The van der Waals surface area contributed by atoms with Gasteiger partial charge in [0.05, 0.1) is 8.66 Å². The molecule has 1 amide bonds. The summed E-state index contributed by atoms with van der Waals surface area (Å²) in [5.41, 5.74) is 0. The summed E-state index contributed by atoms with van der Waals surface area (Å²) in [6, 6.07) is 4.09. The van der Waals surface area contributed by atoms with Crippen molar-refractivity contribution in [1.29, 1.82) is 0 Å². The monoisotopic (exact) mass is 288 g/mol. The summed E-state index contributed by atoms with van der Waals surface area (Å²) in [7, 11) is 0. The lowest BCUT2D eigenvalue weighted by Crippen LogP contribution is -2.52. The summed E-state index contributed by atoms with van der Waals surface area (Å²) in [6.45, 7) is 4.66. The van der Waals surface area contributed by atoms with Crippen LogP contribution in [0.4, 0.5) is 0 Å². The molecular formula is C10H13BrN2OS. The fraction of sp³-hybridized carbons (Fsp3) is 0.500. The molecule has 3 nitrogen and oxygen atoms in total. The quantitative estimate of drug-likeness (QED) is 0.857. The van der Waals surface area contributed by atoms with Gasteiger partial charge in [0, 0.05) is 25.7 Å². The molecule has 0 bridgehead atoms. The van der Waals surface area contributed by atoms with E-state index in [1.54, 1.807) is 0 Å². The third-order valence-electron chi connectivity index (χ3n) is 2.55. The summed E-state index contributed by atoms with van der Waals surface area (Å²) < 4.78 is 1.01. The largest absolute Gasteiger partial charge is 0.333 e. The number of hydrogen-bond acceptors (Lipinski definition) is 3. The Morgan fingerprint density at radius 1 is 1.67 bits per heavy atom. The van der Waals surface area contributed by atoms with Crippen molar-refractivity contribution < 1.29 is 4.79 Å². The summed E-state index contributed by atoms with van der Waals surface area (Å²) in [6.07, 6.45) is 0. The van der Waals surface area contributed by atoms with Gasteiger partial charge >= 0.3 is 0 Å². The molecule has 0 aromatic carbocycles. The highest BCUT2D eigenvalue weighted by Gasteiger charge is 2.24. The molecule has 2 rings (SSSR count). The normalized spacial score (nSPS) is 21.7. The molecule has 1 fully saturated rings. The molecule has 0 saturated carbocycles. The zero-order valence-electron chi connectivity index (χ0n) is 8.50. The maximum Gasteiger partial charge on any atom is 0.264 e. The molecule has 0 unspecified atom stereocenters. The van der Waals surface area contributed by atoms with Gasteiger partial charge in [-0.3, -0.25) is 4.79 Å². The van der Waals surface area contributed by atoms with E-state index in [2.05, 4.69) is 28.2 Å².